The molecule has 0 unspecified atom stereocenters. The van der Waals surface area contributed by atoms with Crippen LogP contribution in [-0.4, -0.2) is 22.1 Å². The van der Waals surface area contributed by atoms with E-state index in [4.69, 9.17) is 4.74 Å². The van der Waals surface area contributed by atoms with Crippen LogP contribution in [0, 0.1) is 11.6 Å². The van der Waals surface area contributed by atoms with Crippen molar-refractivity contribution in [1.29, 1.82) is 0 Å². The Balaban J connectivity index is 2.15. The van der Waals surface area contributed by atoms with Crippen molar-refractivity contribution in [3.8, 4) is 0 Å². The molecule has 1 aromatic heterocycles. The summed E-state index contributed by atoms with van der Waals surface area (Å²) in [6.07, 6.45) is 2.80. The van der Waals surface area contributed by atoms with Gasteiger partial charge >= 0.3 is 5.97 Å². The number of rotatable bonds is 4. The van der Waals surface area contributed by atoms with E-state index in [2.05, 4.69) is 4.98 Å². The van der Waals surface area contributed by atoms with Crippen molar-refractivity contribution in [2.24, 2.45) is 0 Å². The van der Waals surface area contributed by atoms with Gasteiger partial charge in [0.15, 0.2) is 5.69 Å². The fourth-order valence-electron chi connectivity index (χ4n) is 1.62. The van der Waals surface area contributed by atoms with Gasteiger partial charge in [0.25, 0.3) is 0 Å². The van der Waals surface area contributed by atoms with E-state index >= 15 is 0 Å². The Bertz CT molecular complexity index is 596. The van der Waals surface area contributed by atoms with Crippen LogP contribution < -0.4 is 0 Å². The number of benzene rings is 1. The highest BCUT2D eigenvalue weighted by Crippen LogP contribution is 2.12. The molecule has 0 aliphatic carbocycles. The Morgan fingerprint density at radius 2 is 2.21 bits per heavy atom. The highest BCUT2D eigenvalue weighted by molar-refractivity contribution is 5.86. The molecule has 100 valence electrons. The predicted molar refractivity (Wildman–Crippen MR) is 63.6 cm³/mol. The lowest BCUT2D eigenvalue weighted by Crippen LogP contribution is -2.05. The molecule has 0 saturated heterocycles. The van der Waals surface area contributed by atoms with Crippen LogP contribution in [-0.2, 0) is 11.3 Å². The maximum atomic E-state index is 13.4. The number of aromatic nitrogens is 2. The molecule has 0 atom stereocenters. The summed E-state index contributed by atoms with van der Waals surface area (Å²) in [6.45, 7) is 2.04. The first-order valence-corrected chi connectivity index (χ1v) is 5.73. The number of hydrogen-bond acceptors (Lipinski definition) is 3. The number of carbonyl (C=O) groups is 1. The second-order valence-corrected chi connectivity index (χ2v) is 3.89. The molecule has 0 N–H and O–H groups in total. The molecule has 2 aromatic rings. The Morgan fingerprint density at radius 3 is 2.95 bits per heavy atom. The molecule has 0 bridgehead atoms. The maximum absolute atomic E-state index is 13.4. The summed E-state index contributed by atoms with van der Waals surface area (Å²) in [7, 11) is 0. The molecule has 0 saturated carbocycles. The van der Waals surface area contributed by atoms with Crippen molar-refractivity contribution in [2.75, 3.05) is 6.61 Å². The van der Waals surface area contributed by atoms with Crippen LogP contribution in [0.25, 0.3) is 0 Å². The predicted octanol–water partition coefficient (Wildman–Crippen LogP) is 2.39. The zero-order valence-electron chi connectivity index (χ0n) is 10.3. The minimum Gasteiger partial charge on any atom is -0.461 e. The number of nitrogens with zero attached hydrogens (tertiary/aromatic N) is 2. The van der Waals surface area contributed by atoms with E-state index in [-0.39, 0.29) is 24.4 Å². The molecule has 19 heavy (non-hydrogen) atoms. The number of halogens is 2. The summed E-state index contributed by atoms with van der Waals surface area (Å²) in [6, 6.07) is 3.23. The van der Waals surface area contributed by atoms with E-state index in [1.165, 1.54) is 17.1 Å². The number of imidazole rings is 1. The molecule has 4 nitrogen and oxygen atoms in total. The molecule has 0 radical (unpaired) electrons. The standard InChI is InChI=1S/C13H12F2N2O2/c1-2-19-13(18)12-7-17(8-16-12)6-9-5-10(14)3-4-11(9)15/h3-5,7-8H,2,6H2,1H3. The van der Waals surface area contributed by atoms with Crippen molar-refractivity contribution < 1.29 is 18.3 Å². The van der Waals surface area contributed by atoms with Gasteiger partial charge < -0.3 is 9.30 Å². The lowest BCUT2D eigenvalue weighted by molar-refractivity contribution is 0.0520. The monoisotopic (exact) mass is 266 g/mol. The summed E-state index contributed by atoms with van der Waals surface area (Å²) < 4.78 is 32.7. The fourth-order valence-corrected chi connectivity index (χ4v) is 1.62. The number of carbonyl (C=O) groups excluding carboxylic acids is 1. The average molecular weight is 266 g/mol. The van der Waals surface area contributed by atoms with Crippen molar-refractivity contribution in [1.82, 2.24) is 9.55 Å². The van der Waals surface area contributed by atoms with Crippen LogP contribution in [0.1, 0.15) is 23.0 Å². The van der Waals surface area contributed by atoms with Gasteiger partial charge in [0, 0.05) is 11.8 Å². The van der Waals surface area contributed by atoms with Gasteiger partial charge in [-0.3, -0.25) is 0 Å². The van der Waals surface area contributed by atoms with Crippen LogP contribution >= 0.6 is 0 Å². The molecule has 1 heterocycles. The Kier molecular flexibility index (Phi) is 3.89. The van der Waals surface area contributed by atoms with E-state index in [0.717, 1.165) is 18.2 Å². The molecular formula is C13H12F2N2O2. The summed E-state index contributed by atoms with van der Waals surface area (Å²) in [5, 5.41) is 0. The van der Waals surface area contributed by atoms with Crippen molar-refractivity contribution >= 4 is 5.97 Å². The van der Waals surface area contributed by atoms with Crippen molar-refractivity contribution in [3.05, 3.63) is 53.6 Å². The topological polar surface area (TPSA) is 44.1 Å². The number of hydrogen-bond donors (Lipinski definition) is 0. The minimum atomic E-state index is -0.541. The minimum absolute atomic E-state index is 0.0933. The largest absolute Gasteiger partial charge is 0.461 e. The second-order valence-electron chi connectivity index (χ2n) is 3.89. The van der Waals surface area contributed by atoms with Gasteiger partial charge in [-0.05, 0) is 25.1 Å². The third-order valence-electron chi connectivity index (χ3n) is 2.48. The quantitative estimate of drug-likeness (QED) is 0.798. The van der Waals surface area contributed by atoms with E-state index in [9.17, 15) is 13.6 Å². The maximum Gasteiger partial charge on any atom is 0.358 e. The highest BCUT2D eigenvalue weighted by atomic mass is 19.1. The summed E-state index contributed by atoms with van der Waals surface area (Å²) in [5.74, 6) is -1.56. The van der Waals surface area contributed by atoms with E-state index < -0.39 is 17.6 Å². The van der Waals surface area contributed by atoms with Gasteiger partial charge in [-0.25, -0.2) is 18.6 Å². The van der Waals surface area contributed by atoms with Crippen LogP contribution in [0.4, 0.5) is 8.78 Å². The van der Waals surface area contributed by atoms with Gasteiger partial charge in [-0.15, -0.1) is 0 Å². The van der Waals surface area contributed by atoms with Crippen molar-refractivity contribution in [2.45, 2.75) is 13.5 Å². The summed E-state index contributed by atoms with van der Waals surface area (Å²) >= 11 is 0. The highest BCUT2D eigenvalue weighted by Gasteiger charge is 2.11. The first kappa shape index (κ1) is 13.2. The molecule has 0 fully saturated rings. The number of esters is 1. The molecule has 0 spiro atoms. The molecule has 1 aromatic carbocycles. The third kappa shape index (κ3) is 3.15. The average Bonchev–Trinajstić information content (AvgIpc) is 2.83. The van der Waals surface area contributed by atoms with Gasteiger partial charge in [0.1, 0.15) is 11.6 Å². The normalized spacial score (nSPS) is 10.5. The first-order chi connectivity index (χ1) is 9.10. The summed E-state index contributed by atoms with van der Waals surface area (Å²) in [4.78, 5) is 15.3. The van der Waals surface area contributed by atoms with Crippen molar-refractivity contribution in [3.63, 3.8) is 0 Å². The second kappa shape index (κ2) is 5.60. The molecule has 0 aliphatic heterocycles. The van der Waals surface area contributed by atoms with E-state index in [1.54, 1.807) is 6.92 Å². The van der Waals surface area contributed by atoms with Gasteiger partial charge in [-0.2, -0.15) is 0 Å². The molecule has 2 rings (SSSR count). The zero-order chi connectivity index (χ0) is 13.8. The Morgan fingerprint density at radius 1 is 1.42 bits per heavy atom. The Labute approximate surface area is 108 Å². The number of ether oxygens (including phenoxy) is 1. The van der Waals surface area contributed by atoms with Gasteiger partial charge in [-0.1, -0.05) is 0 Å². The van der Waals surface area contributed by atoms with Crippen LogP contribution in [0.3, 0.4) is 0 Å². The smallest absolute Gasteiger partial charge is 0.358 e. The van der Waals surface area contributed by atoms with Crippen LogP contribution in [0.15, 0.2) is 30.7 Å². The van der Waals surface area contributed by atoms with E-state index in [1.807, 2.05) is 0 Å². The van der Waals surface area contributed by atoms with Crippen LogP contribution in [0.5, 0.6) is 0 Å². The molecule has 0 aliphatic rings. The SMILES string of the molecule is CCOC(=O)c1cn(Cc2cc(F)ccc2F)cn1. The first-order valence-electron chi connectivity index (χ1n) is 5.73. The lowest BCUT2D eigenvalue weighted by atomic mass is 10.2. The zero-order valence-corrected chi connectivity index (χ0v) is 10.3. The molecule has 0 amide bonds. The van der Waals surface area contributed by atoms with Crippen LogP contribution in [0.2, 0.25) is 0 Å². The third-order valence-corrected chi connectivity index (χ3v) is 2.48. The molecular weight excluding hydrogens is 254 g/mol. The van der Waals surface area contributed by atoms with E-state index in [0.29, 0.717) is 0 Å². The molecule has 6 heteroatoms. The Hall–Kier alpha value is -2.24. The van der Waals surface area contributed by atoms with Gasteiger partial charge in [0.05, 0.1) is 19.5 Å². The summed E-state index contributed by atoms with van der Waals surface area (Å²) in [5.41, 5.74) is 0.325. The van der Waals surface area contributed by atoms with Gasteiger partial charge in [0.2, 0.25) is 0 Å². The fraction of sp³-hybridized carbons (Fsp3) is 0.231. The lowest BCUT2D eigenvalue weighted by Gasteiger charge is -2.04.